The third-order valence-corrected chi connectivity index (χ3v) is 7.50. The molecule has 11 nitrogen and oxygen atoms in total. The summed E-state index contributed by atoms with van der Waals surface area (Å²) in [6.07, 6.45) is 1.11. The van der Waals surface area contributed by atoms with Gasteiger partial charge in [0.1, 0.15) is 31.2 Å². The van der Waals surface area contributed by atoms with Crippen molar-refractivity contribution in [3.63, 3.8) is 0 Å². The molecule has 2 fully saturated rings. The van der Waals surface area contributed by atoms with Crippen LogP contribution in [0.2, 0.25) is 0 Å². The average molecular weight is 631 g/mol. The molecule has 2 aliphatic rings. The molecule has 2 aliphatic heterocycles. The SMILES string of the molecule is C=CC(=O)OCCCc1ccc(C(=O)O[C@H]2CO[C@H]3[C@@H]2OC[C@H]3OC(=O)c2ccc3cc(OCCOC(=O)C=C)ccc3c2)cc1. The quantitative estimate of drug-likeness (QED) is 0.110. The highest BCUT2D eigenvalue weighted by Crippen LogP contribution is 2.32. The molecule has 0 unspecified atom stereocenters. The van der Waals surface area contributed by atoms with E-state index in [1.165, 1.54) is 0 Å². The van der Waals surface area contributed by atoms with Crippen LogP contribution >= 0.6 is 0 Å². The van der Waals surface area contributed by atoms with E-state index in [1.807, 2.05) is 24.3 Å². The Morgan fingerprint density at radius 1 is 0.696 bits per heavy atom. The van der Waals surface area contributed by atoms with Crippen LogP contribution in [0.15, 0.2) is 86.0 Å². The Kier molecular flexibility index (Phi) is 10.8. The standard InChI is InChI=1S/C35H34O11/c1-3-30(36)41-15-5-6-22-7-9-23(10-8-22)34(38)45-28-20-43-33-29(21-44-32(28)33)46-35(39)26-12-11-25-19-27(14-13-24(25)18-26)40-16-17-42-31(37)4-2/h3-4,7-14,18-19,28-29,32-33H,1-2,5-6,15-17,20-21H2/t28-,29+,32+,33+/m0/s1. The Morgan fingerprint density at radius 2 is 1.26 bits per heavy atom. The zero-order valence-electron chi connectivity index (χ0n) is 25.1. The van der Waals surface area contributed by atoms with E-state index in [0.29, 0.717) is 29.7 Å². The first-order chi connectivity index (χ1) is 22.3. The van der Waals surface area contributed by atoms with Gasteiger partial charge in [-0.15, -0.1) is 0 Å². The first kappa shape index (κ1) is 32.4. The molecule has 46 heavy (non-hydrogen) atoms. The molecule has 3 aromatic carbocycles. The fourth-order valence-corrected chi connectivity index (χ4v) is 5.16. The number of rotatable bonds is 14. The number of fused-ring (bicyclic) bond motifs is 2. The number of ether oxygens (including phenoxy) is 7. The molecule has 0 bridgehead atoms. The van der Waals surface area contributed by atoms with Gasteiger partial charge in [0.25, 0.3) is 0 Å². The summed E-state index contributed by atoms with van der Waals surface area (Å²) in [5, 5.41) is 1.66. The van der Waals surface area contributed by atoms with Gasteiger partial charge in [0, 0.05) is 12.2 Å². The first-order valence-electron chi connectivity index (χ1n) is 14.8. The van der Waals surface area contributed by atoms with Gasteiger partial charge in [-0.1, -0.05) is 37.4 Å². The predicted molar refractivity (Wildman–Crippen MR) is 164 cm³/mol. The third kappa shape index (κ3) is 8.17. The lowest BCUT2D eigenvalue weighted by atomic mass is 10.1. The topological polar surface area (TPSA) is 133 Å². The zero-order chi connectivity index (χ0) is 32.5. The molecule has 240 valence electrons. The molecule has 2 heterocycles. The molecular weight excluding hydrogens is 596 g/mol. The predicted octanol–water partition coefficient (Wildman–Crippen LogP) is 4.16. The third-order valence-electron chi connectivity index (χ3n) is 7.50. The largest absolute Gasteiger partial charge is 0.490 e. The second-order valence-corrected chi connectivity index (χ2v) is 10.6. The molecule has 0 aliphatic carbocycles. The number of carbonyl (C=O) groups excluding carboxylic acids is 4. The van der Waals surface area contributed by atoms with Crippen LogP contribution < -0.4 is 4.74 Å². The van der Waals surface area contributed by atoms with E-state index in [1.54, 1.807) is 36.4 Å². The van der Waals surface area contributed by atoms with Gasteiger partial charge in [-0.2, -0.15) is 0 Å². The summed E-state index contributed by atoms with van der Waals surface area (Å²) in [5.41, 5.74) is 1.74. The summed E-state index contributed by atoms with van der Waals surface area (Å²) in [5.74, 6) is -1.41. The summed E-state index contributed by atoms with van der Waals surface area (Å²) in [4.78, 5) is 48.1. The van der Waals surface area contributed by atoms with Crippen molar-refractivity contribution < 1.29 is 52.3 Å². The van der Waals surface area contributed by atoms with E-state index in [0.717, 1.165) is 28.5 Å². The van der Waals surface area contributed by atoms with Gasteiger partial charge in [-0.25, -0.2) is 19.2 Å². The molecule has 2 saturated heterocycles. The van der Waals surface area contributed by atoms with Gasteiger partial charge in [0.15, 0.2) is 12.2 Å². The van der Waals surface area contributed by atoms with Crippen LogP contribution in [-0.2, 0) is 44.4 Å². The molecular formula is C35H34O11. The number of hydrogen-bond donors (Lipinski definition) is 0. The lowest BCUT2D eigenvalue weighted by molar-refractivity contribution is -0.139. The van der Waals surface area contributed by atoms with Crippen LogP contribution in [-0.4, -0.2) is 81.3 Å². The Hall–Kier alpha value is -5.00. The molecule has 0 aromatic heterocycles. The second-order valence-electron chi connectivity index (χ2n) is 10.6. The van der Waals surface area contributed by atoms with E-state index in [2.05, 4.69) is 13.2 Å². The molecule has 0 radical (unpaired) electrons. The van der Waals surface area contributed by atoms with E-state index in [-0.39, 0.29) is 33.0 Å². The lowest BCUT2D eigenvalue weighted by Gasteiger charge is -2.17. The normalized spacial score (nSPS) is 19.9. The average Bonchev–Trinajstić information content (AvgIpc) is 3.67. The van der Waals surface area contributed by atoms with Crippen LogP contribution in [0.4, 0.5) is 0 Å². The minimum atomic E-state index is -0.659. The van der Waals surface area contributed by atoms with E-state index in [9.17, 15) is 19.2 Å². The molecule has 5 rings (SSSR count). The zero-order valence-corrected chi connectivity index (χ0v) is 25.1. The monoisotopic (exact) mass is 630 g/mol. The van der Waals surface area contributed by atoms with Crippen LogP contribution in [0.1, 0.15) is 32.7 Å². The summed E-state index contributed by atoms with van der Waals surface area (Å²) in [6.45, 7) is 7.51. The van der Waals surface area contributed by atoms with Crippen molar-refractivity contribution in [2.24, 2.45) is 0 Å². The maximum Gasteiger partial charge on any atom is 0.338 e. The molecule has 11 heteroatoms. The molecule has 0 N–H and O–H groups in total. The van der Waals surface area contributed by atoms with Crippen LogP contribution in [0.25, 0.3) is 10.8 Å². The van der Waals surface area contributed by atoms with Crippen molar-refractivity contribution in [2.75, 3.05) is 33.0 Å². The summed E-state index contributed by atoms with van der Waals surface area (Å²) in [6, 6.07) is 17.6. The molecule has 0 saturated carbocycles. The molecule has 4 atom stereocenters. The van der Waals surface area contributed by atoms with Crippen molar-refractivity contribution in [1.29, 1.82) is 0 Å². The van der Waals surface area contributed by atoms with E-state index < -0.39 is 48.3 Å². The van der Waals surface area contributed by atoms with Crippen molar-refractivity contribution in [3.05, 3.63) is 103 Å². The van der Waals surface area contributed by atoms with Gasteiger partial charge >= 0.3 is 23.9 Å². The second kappa shape index (κ2) is 15.3. The van der Waals surface area contributed by atoms with Gasteiger partial charge in [-0.05, 0) is 65.6 Å². The Morgan fingerprint density at radius 3 is 1.91 bits per heavy atom. The van der Waals surface area contributed by atoms with Crippen LogP contribution in [0, 0.1) is 0 Å². The Balaban J connectivity index is 1.09. The number of benzene rings is 3. The Bertz CT molecular complexity index is 1600. The maximum absolute atomic E-state index is 13.0. The summed E-state index contributed by atoms with van der Waals surface area (Å²) in [7, 11) is 0. The molecule has 3 aromatic rings. The summed E-state index contributed by atoms with van der Waals surface area (Å²) >= 11 is 0. The van der Waals surface area contributed by atoms with Gasteiger partial charge in [0.05, 0.1) is 30.9 Å². The van der Waals surface area contributed by atoms with E-state index >= 15 is 0 Å². The smallest absolute Gasteiger partial charge is 0.338 e. The van der Waals surface area contributed by atoms with Gasteiger partial charge in [-0.3, -0.25) is 0 Å². The number of esters is 4. The minimum absolute atomic E-state index is 0.0986. The van der Waals surface area contributed by atoms with Gasteiger partial charge in [0.2, 0.25) is 0 Å². The van der Waals surface area contributed by atoms with Crippen molar-refractivity contribution >= 4 is 34.6 Å². The fraction of sp³-hybridized carbons (Fsp3) is 0.314. The van der Waals surface area contributed by atoms with Gasteiger partial charge < -0.3 is 33.2 Å². The fourth-order valence-electron chi connectivity index (χ4n) is 5.16. The molecule has 0 amide bonds. The number of hydrogen-bond acceptors (Lipinski definition) is 11. The maximum atomic E-state index is 13.0. The highest BCUT2D eigenvalue weighted by molar-refractivity contribution is 5.96. The van der Waals surface area contributed by atoms with E-state index in [4.69, 9.17) is 33.2 Å². The summed E-state index contributed by atoms with van der Waals surface area (Å²) < 4.78 is 38.7. The molecule has 0 spiro atoms. The minimum Gasteiger partial charge on any atom is -0.490 e. The van der Waals surface area contributed by atoms with Crippen molar-refractivity contribution in [3.8, 4) is 5.75 Å². The van der Waals surface area contributed by atoms with Crippen molar-refractivity contribution in [1.82, 2.24) is 0 Å². The number of aryl methyl sites for hydroxylation is 1. The number of carbonyl (C=O) groups is 4. The van der Waals surface area contributed by atoms with Crippen LogP contribution in [0.3, 0.4) is 0 Å². The first-order valence-corrected chi connectivity index (χ1v) is 14.8. The highest BCUT2D eigenvalue weighted by atomic mass is 16.7. The lowest BCUT2D eigenvalue weighted by Crippen LogP contribution is -2.36. The van der Waals surface area contributed by atoms with Crippen LogP contribution in [0.5, 0.6) is 5.75 Å². The highest BCUT2D eigenvalue weighted by Gasteiger charge is 2.51. The van der Waals surface area contributed by atoms with Crippen molar-refractivity contribution in [2.45, 2.75) is 37.3 Å². The Labute approximate surface area is 265 Å².